The molecule has 2 atom stereocenters. The normalized spacial score (nSPS) is 11.9. The number of terminal acetylenes is 1. The lowest BCUT2D eigenvalue weighted by molar-refractivity contribution is 0.452. The first-order chi connectivity index (χ1) is 21.6. The summed E-state index contributed by atoms with van der Waals surface area (Å²) >= 11 is 7.90. The molecule has 5 rings (SSSR count). The molecule has 0 bridgehead atoms. The molecule has 0 aliphatic heterocycles. The van der Waals surface area contributed by atoms with Gasteiger partial charge in [0, 0.05) is 50.8 Å². The summed E-state index contributed by atoms with van der Waals surface area (Å²) in [6.45, 7) is 15.0. The maximum atomic E-state index is 4.60. The van der Waals surface area contributed by atoms with E-state index in [4.69, 9.17) is 0 Å². The van der Waals surface area contributed by atoms with Gasteiger partial charge in [0.25, 0.3) is 0 Å². The first kappa shape index (κ1) is 38.2. The van der Waals surface area contributed by atoms with Crippen LogP contribution in [0.25, 0.3) is 41.1 Å². The van der Waals surface area contributed by atoms with Gasteiger partial charge in [0.05, 0.1) is 0 Å². The minimum Gasteiger partial charge on any atom is -0.333 e. The van der Waals surface area contributed by atoms with Crippen molar-refractivity contribution in [1.29, 1.82) is 0 Å². The number of unbranched alkanes of at least 4 members (excludes halogenated alkanes) is 1. The Bertz CT molecular complexity index is 1470. The summed E-state index contributed by atoms with van der Waals surface area (Å²) < 4.78 is 2.92. The number of rotatable bonds is 13. The molecule has 0 radical (unpaired) electrons. The number of hydrogen-bond donors (Lipinski definition) is 1. The van der Waals surface area contributed by atoms with E-state index in [1.165, 1.54) is 106 Å². The van der Waals surface area contributed by atoms with E-state index in [-0.39, 0.29) is 0 Å². The van der Waals surface area contributed by atoms with Gasteiger partial charge >= 0.3 is 0 Å². The third-order valence-electron chi connectivity index (χ3n) is 7.94. The molecular formula is C39H55NS4. The molecule has 0 saturated heterocycles. The zero-order valence-electron chi connectivity index (χ0n) is 28.4. The van der Waals surface area contributed by atoms with E-state index >= 15 is 0 Å². The molecule has 5 heteroatoms. The Kier molecular flexibility index (Phi) is 18.2. The Labute approximate surface area is 284 Å². The summed E-state index contributed by atoms with van der Waals surface area (Å²) in [5.74, 6) is 3.87. The molecule has 0 saturated carbocycles. The molecule has 0 fully saturated rings. The topological polar surface area (TPSA) is 26.0 Å². The molecule has 5 aromatic rings. The first-order valence-electron chi connectivity index (χ1n) is 16.6. The SMILES string of the molecule is C#CC.CC.CCCCC(CC)Cc1ccc(-c2c3ccsc3c(-c3ccc(CC(CC)CCC)s3)c3ccsc23)s1.CN. The van der Waals surface area contributed by atoms with Crippen molar-refractivity contribution >= 4 is 65.5 Å². The number of nitrogens with two attached hydrogens (primary N) is 1. The van der Waals surface area contributed by atoms with Crippen molar-refractivity contribution in [2.45, 2.75) is 106 Å². The van der Waals surface area contributed by atoms with E-state index in [0.717, 1.165) is 11.8 Å². The number of benzene rings is 1. The van der Waals surface area contributed by atoms with E-state index in [0.29, 0.717) is 0 Å². The molecule has 0 spiro atoms. The Morgan fingerprint density at radius 1 is 0.682 bits per heavy atom. The predicted octanol–water partition coefficient (Wildman–Crippen LogP) is 13.9. The van der Waals surface area contributed by atoms with Crippen LogP contribution in [0.4, 0.5) is 0 Å². The molecule has 0 amide bonds. The quantitative estimate of drug-likeness (QED) is 0.124. The zero-order chi connectivity index (χ0) is 32.5. The number of thiophene rings is 4. The Balaban J connectivity index is 0.000000893. The number of hydrogen-bond acceptors (Lipinski definition) is 5. The van der Waals surface area contributed by atoms with Crippen molar-refractivity contribution in [1.82, 2.24) is 0 Å². The fourth-order valence-corrected chi connectivity index (χ4v) is 10.2. The summed E-state index contributed by atoms with van der Waals surface area (Å²) in [7, 11) is 1.50. The van der Waals surface area contributed by atoms with Gasteiger partial charge in [-0.1, -0.05) is 86.5 Å². The molecule has 240 valence electrons. The number of fused-ring (bicyclic) bond motifs is 2. The summed E-state index contributed by atoms with van der Waals surface area (Å²) in [6, 6.07) is 14.4. The highest BCUT2D eigenvalue weighted by Gasteiger charge is 2.21. The highest BCUT2D eigenvalue weighted by Crippen LogP contribution is 2.50. The van der Waals surface area contributed by atoms with Crippen LogP contribution in [0.2, 0.25) is 0 Å². The van der Waals surface area contributed by atoms with Crippen molar-refractivity contribution in [3.05, 3.63) is 56.9 Å². The van der Waals surface area contributed by atoms with Crippen molar-refractivity contribution in [3.63, 3.8) is 0 Å². The van der Waals surface area contributed by atoms with Crippen LogP contribution in [-0.4, -0.2) is 7.05 Å². The lowest BCUT2D eigenvalue weighted by Gasteiger charge is -2.13. The van der Waals surface area contributed by atoms with E-state index in [2.05, 4.69) is 92.9 Å². The van der Waals surface area contributed by atoms with Crippen LogP contribution in [0.5, 0.6) is 0 Å². The summed E-state index contributed by atoms with van der Waals surface area (Å²) in [4.78, 5) is 5.98. The molecule has 2 N–H and O–H groups in total. The largest absolute Gasteiger partial charge is 0.333 e. The standard InChI is InChI=1S/C33H40S4.C3H4.C2H6.CH5N/c1-5-9-11-23(8-4)21-25-13-15-29(37-25)31-27-17-19-34-32(27)30(26-16-18-35-33(26)31)28-14-12-24(36-28)20-22(7-3)10-6-2;1-3-2;2*1-2/h12-19,22-23H,5-11,20-21H2,1-4H3;1H,2H3;1-2H3;2H2,1H3. The van der Waals surface area contributed by atoms with Crippen LogP contribution in [0.3, 0.4) is 0 Å². The summed E-state index contributed by atoms with van der Waals surface area (Å²) in [6.07, 6.45) is 16.2. The lowest BCUT2D eigenvalue weighted by atomic mass is 9.95. The molecular weight excluding hydrogens is 611 g/mol. The second-order valence-electron chi connectivity index (χ2n) is 10.8. The molecule has 2 unspecified atom stereocenters. The smallest absolute Gasteiger partial charge is 0.0442 e. The van der Waals surface area contributed by atoms with Crippen molar-refractivity contribution in [2.75, 3.05) is 7.05 Å². The van der Waals surface area contributed by atoms with Gasteiger partial charge in [-0.05, 0) is 85.8 Å². The minimum atomic E-state index is 0.809. The van der Waals surface area contributed by atoms with Crippen LogP contribution in [0.15, 0.2) is 47.2 Å². The second-order valence-corrected chi connectivity index (χ2v) is 15.0. The van der Waals surface area contributed by atoms with Crippen LogP contribution in [0, 0.1) is 24.2 Å². The molecule has 4 heterocycles. The maximum absolute atomic E-state index is 4.60. The molecule has 0 aliphatic carbocycles. The van der Waals surface area contributed by atoms with Gasteiger partial charge in [-0.3, -0.25) is 0 Å². The van der Waals surface area contributed by atoms with Gasteiger partial charge in [0.15, 0.2) is 0 Å². The molecule has 4 aromatic heterocycles. The summed E-state index contributed by atoms with van der Waals surface area (Å²) in [5, 5.41) is 7.48. The van der Waals surface area contributed by atoms with Crippen LogP contribution >= 0.6 is 45.3 Å². The fraction of sp³-hybridized carbons (Fsp3) is 0.487. The van der Waals surface area contributed by atoms with Crippen LogP contribution < -0.4 is 5.73 Å². The monoisotopic (exact) mass is 665 g/mol. The van der Waals surface area contributed by atoms with Crippen LogP contribution in [0.1, 0.15) is 103 Å². The maximum Gasteiger partial charge on any atom is 0.0442 e. The average molecular weight is 666 g/mol. The highest BCUT2D eigenvalue weighted by molar-refractivity contribution is 7.22. The second kappa shape index (κ2) is 21.0. The first-order valence-corrected chi connectivity index (χ1v) is 20.0. The average Bonchev–Trinajstić information content (AvgIpc) is 3.88. The van der Waals surface area contributed by atoms with Crippen molar-refractivity contribution < 1.29 is 0 Å². The zero-order valence-corrected chi connectivity index (χ0v) is 31.7. The van der Waals surface area contributed by atoms with Gasteiger partial charge < -0.3 is 5.73 Å². The van der Waals surface area contributed by atoms with E-state index in [1.54, 1.807) is 16.7 Å². The lowest BCUT2D eigenvalue weighted by Crippen LogP contribution is -2.01. The van der Waals surface area contributed by atoms with Gasteiger partial charge in [-0.25, -0.2) is 0 Å². The Hall–Kier alpha value is -1.94. The van der Waals surface area contributed by atoms with Gasteiger partial charge in [-0.2, -0.15) is 0 Å². The van der Waals surface area contributed by atoms with Crippen molar-refractivity contribution in [2.24, 2.45) is 17.6 Å². The van der Waals surface area contributed by atoms with Crippen molar-refractivity contribution in [3.8, 4) is 33.2 Å². The molecule has 0 aliphatic rings. The molecule has 44 heavy (non-hydrogen) atoms. The Morgan fingerprint density at radius 3 is 1.50 bits per heavy atom. The minimum absolute atomic E-state index is 0.809. The third kappa shape index (κ3) is 9.78. The van der Waals surface area contributed by atoms with Gasteiger partial charge in [0.2, 0.25) is 0 Å². The van der Waals surface area contributed by atoms with E-state index in [9.17, 15) is 0 Å². The van der Waals surface area contributed by atoms with E-state index < -0.39 is 0 Å². The third-order valence-corrected chi connectivity index (χ3v) is 12.1. The van der Waals surface area contributed by atoms with Gasteiger partial charge in [0.1, 0.15) is 0 Å². The van der Waals surface area contributed by atoms with E-state index in [1.807, 2.05) is 59.2 Å². The molecule has 1 nitrogen and oxygen atoms in total. The van der Waals surface area contributed by atoms with Gasteiger partial charge in [-0.15, -0.1) is 57.7 Å². The highest BCUT2D eigenvalue weighted by atomic mass is 32.1. The Morgan fingerprint density at radius 2 is 1.11 bits per heavy atom. The van der Waals surface area contributed by atoms with Crippen LogP contribution in [-0.2, 0) is 12.8 Å². The molecule has 1 aromatic carbocycles. The fourth-order valence-electron chi connectivity index (χ4n) is 5.75. The summed E-state index contributed by atoms with van der Waals surface area (Å²) in [5.41, 5.74) is 7.43. The predicted molar refractivity (Wildman–Crippen MR) is 209 cm³/mol.